The van der Waals surface area contributed by atoms with Gasteiger partial charge in [0.15, 0.2) is 0 Å². The topological polar surface area (TPSA) is 29.3 Å². The lowest BCUT2D eigenvalue weighted by atomic mass is 10.2. The van der Waals surface area contributed by atoms with Crippen LogP contribution in [0.5, 0.6) is 0 Å². The third-order valence-corrected chi connectivity index (χ3v) is 2.25. The van der Waals surface area contributed by atoms with E-state index in [1.54, 1.807) is 0 Å². The largest absolute Gasteiger partial charge is 0.329 e. The fraction of sp³-hybridized carbons (Fsp3) is 0.455. The van der Waals surface area contributed by atoms with E-state index in [0.717, 1.165) is 12.1 Å². The predicted molar refractivity (Wildman–Crippen MR) is 56.7 cm³/mol. The lowest BCUT2D eigenvalue weighted by Crippen LogP contribution is -2.33. The second-order valence-corrected chi connectivity index (χ2v) is 3.65. The number of benzene rings is 1. The molecule has 96 valence electrons. The molecule has 1 aromatic carbocycles. The molecule has 0 amide bonds. The predicted octanol–water partition coefficient (Wildman–Crippen LogP) is 1.99. The Morgan fingerprint density at radius 3 is 2.47 bits per heavy atom. The fourth-order valence-corrected chi connectivity index (χ4v) is 1.50. The van der Waals surface area contributed by atoms with Gasteiger partial charge in [-0.25, -0.2) is 17.6 Å². The molecule has 0 heterocycles. The first-order valence-corrected chi connectivity index (χ1v) is 5.17. The maximum Gasteiger partial charge on any atom is 0.251 e. The molecule has 6 heteroatoms. The molecule has 17 heavy (non-hydrogen) atoms. The highest BCUT2D eigenvalue weighted by molar-refractivity contribution is 5.18. The molecule has 1 rings (SSSR count). The first-order chi connectivity index (χ1) is 8.02. The van der Waals surface area contributed by atoms with Crippen LogP contribution < -0.4 is 5.73 Å². The van der Waals surface area contributed by atoms with E-state index < -0.39 is 24.6 Å². The molecule has 0 fully saturated rings. The third-order valence-electron chi connectivity index (χ3n) is 2.25. The van der Waals surface area contributed by atoms with Gasteiger partial charge >= 0.3 is 0 Å². The number of nitrogens with two attached hydrogens (primary N) is 1. The molecule has 0 aliphatic rings. The number of hydrogen-bond donors (Lipinski definition) is 1. The summed E-state index contributed by atoms with van der Waals surface area (Å²) in [5.41, 5.74) is 5.46. The lowest BCUT2D eigenvalue weighted by Gasteiger charge is -2.21. The smallest absolute Gasteiger partial charge is 0.251 e. The lowest BCUT2D eigenvalue weighted by molar-refractivity contribution is 0.0857. The zero-order chi connectivity index (χ0) is 12.8. The molecule has 0 aromatic heterocycles. The highest BCUT2D eigenvalue weighted by Gasteiger charge is 2.14. The highest BCUT2D eigenvalue weighted by atomic mass is 19.3. The number of rotatable bonds is 6. The van der Waals surface area contributed by atoms with E-state index in [0.29, 0.717) is 0 Å². The molecule has 2 nitrogen and oxygen atoms in total. The summed E-state index contributed by atoms with van der Waals surface area (Å²) in [5.74, 6) is -1.42. The Morgan fingerprint density at radius 1 is 1.24 bits per heavy atom. The van der Waals surface area contributed by atoms with E-state index in [9.17, 15) is 17.6 Å². The summed E-state index contributed by atoms with van der Waals surface area (Å²) in [4.78, 5) is 1.33. The van der Waals surface area contributed by atoms with Crippen LogP contribution in [0.15, 0.2) is 18.2 Å². The number of nitrogens with zero attached hydrogens (tertiary/aromatic N) is 1. The second-order valence-electron chi connectivity index (χ2n) is 3.65. The number of halogens is 4. The van der Waals surface area contributed by atoms with Crippen molar-refractivity contribution in [3.8, 4) is 0 Å². The Balaban J connectivity index is 2.71. The summed E-state index contributed by atoms with van der Waals surface area (Å²) < 4.78 is 50.4. The van der Waals surface area contributed by atoms with E-state index in [4.69, 9.17) is 5.73 Å². The molecule has 0 spiro atoms. The molecular weight excluding hydrogens is 236 g/mol. The first-order valence-electron chi connectivity index (χ1n) is 5.17. The minimum Gasteiger partial charge on any atom is -0.329 e. The van der Waals surface area contributed by atoms with Gasteiger partial charge in [-0.1, -0.05) is 6.07 Å². The Kier molecular flexibility index (Phi) is 5.37. The fourth-order valence-electron chi connectivity index (χ4n) is 1.50. The van der Waals surface area contributed by atoms with Crippen molar-refractivity contribution in [3.63, 3.8) is 0 Å². The van der Waals surface area contributed by atoms with Gasteiger partial charge < -0.3 is 5.73 Å². The van der Waals surface area contributed by atoms with Crippen LogP contribution in [-0.2, 0) is 6.54 Å². The van der Waals surface area contributed by atoms with Crippen LogP contribution >= 0.6 is 0 Å². The molecule has 0 saturated carbocycles. The van der Waals surface area contributed by atoms with Crippen LogP contribution in [0, 0.1) is 11.6 Å². The van der Waals surface area contributed by atoms with Crippen molar-refractivity contribution in [2.75, 3.05) is 19.6 Å². The summed E-state index contributed by atoms with van der Waals surface area (Å²) in [6.45, 7) is -0.0433. The van der Waals surface area contributed by atoms with E-state index in [1.165, 1.54) is 11.0 Å². The van der Waals surface area contributed by atoms with E-state index in [-0.39, 0.29) is 25.2 Å². The summed E-state index contributed by atoms with van der Waals surface area (Å²) in [7, 11) is 0. The average Bonchev–Trinajstić information content (AvgIpc) is 2.21. The van der Waals surface area contributed by atoms with Gasteiger partial charge in [0.05, 0.1) is 6.54 Å². The summed E-state index contributed by atoms with van der Waals surface area (Å²) >= 11 is 0. The Labute approximate surface area is 97.0 Å². The van der Waals surface area contributed by atoms with Crippen molar-refractivity contribution in [3.05, 3.63) is 35.4 Å². The van der Waals surface area contributed by atoms with Crippen molar-refractivity contribution < 1.29 is 17.6 Å². The highest BCUT2D eigenvalue weighted by Crippen LogP contribution is 2.12. The number of alkyl halides is 2. The Morgan fingerprint density at radius 2 is 1.94 bits per heavy atom. The average molecular weight is 250 g/mol. The maximum absolute atomic E-state index is 13.3. The van der Waals surface area contributed by atoms with Crippen LogP contribution in [0.25, 0.3) is 0 Å². The zero-order valence-corrected chi connectivity index (χ0v) is 9.17. The Hall–Kier alpha value is -1.14. The molecule has 0 atom stereocenters. The van der Waals surface area contributed by atoms with Crippen molar-refractivity contribution in [2.24, 2.45) is 5.73 Å². The minimum absolute atomic E-state index is 0.00630. The Bertz CT molecular complexity index is 357. The first kappa shape index (κ1) is 13.9. The van der Waals surface area contributed by atoms with Crippen LogP contribution in [0.4, 0.5) is 17.6 Å². The summed E-state index contributed by atoms with van der Waals surface area (Å²) in [6.07, 6.45) is -2.51. The van der Waals surface area contributed by atoms with Gasteiger partial charge in [0.25, 0.3) is 6.43 Å². The van der Waals surface area contributed by atoms with Gasteiger partial charge in [0, 0.05) is 31.3 Å². The second kappa shape index (κ2) is 6.56. The molecule has 0 radical (unpaired) electrons. The number of hydrogen-bond acceptors (Lipinski definition) is 2. The molecule has 1 aromatic rings. The molecule has 0 aliphatic carbocycles. The van der Waals surface area contributed by atoms with Gasteiger partial charge in [-0.15, -0.1) is 0 Å². The van der Waals surface area contributed by atoms with Gasteiger partial charge in [0.2, 0.25) is 0 Å². The molecule has 0 saturated heterocycles. The van der Waals surface area contributed by atoms with E-state index in [1.807, 2.05) is 0 Å². The molecular formula is C11H14F4N2. The minimum atomic E-state index is -2.51. The van der Waals surface area contributed by atoms with Crippen molar-refractivity contribution in [1.82, 2.24) is 4.90 Å². The van der Waals surface area contributed by atoms with E-state index in [2.05, 4.69) is 0 Å². The molecule has 0 bridgehead atoms. The molecule has 0 aliphatic heterocycles. The maximum atomic E-state index is 13.3. The van der Waals surface area contributed by atoms with Gasteiger partial charge in [-0.05, 0) is 6.07 Å². The van der Waals surface area contributed by atoms with Crippen LogP contribution in [0.2, 0.25) is 0 Å². The van der Waals surface area contributed by atoms with Crippen molar-refractivity contribution in [2.45, 2.75) is 13.0 Å². The quantitative estimate of drug-likeness (QED) is 0.782. The standard InChI is InChI=1S/C11H14F4N2/c12-9-2-1-8(10(13)5-9)6-17(4-3-16)7-11(14)15/h1-2,5,11H,3-4,6-7,16H2. The normalized spacial score (nSPS) is 11.5. The SMILES string of the molecule is NCCN(Cc1ccc(F)cc1F)CC(F)F. The summed E-state index contributed by atoms with van der Waals surface area (Å²) in [6, 6.07) is 3.08. The zero-order valence-electron chi connectivity index (χ0n) is 9.17. The van der Waals surface area contributed by atoms with Gasteiger partial charge in [-0.3, -0.25) is 4.90 Å². The summed E-state index contributed by atoms with van der Waals surface area (Å²) in [5, 5.41) is 0. The third kappa shape index (κ3) is 4.70. The van der Waals surface area contributed by atoms with E-state index >= 15 is 0 Å². The molecule has 2 N–H and O–H groups in total. The van der Waals surface area contributed by atoms with Crippen LogP contribution in [0.1, 0.15) is 5.56 Å². The van der Waals surface area contributed by atoms with Crippen LogP contribution in [0.3, 0.4) is 0 Å². The van der Waals surface area contributed by atoms with Gasteiger partial charge in [0.1, 0.15) is 11.6 Å². The van der Waals surface area contributed by atoms with Crippen LogP contribution in [-0.4, -0.2) is 31.0 Å². The van der Waals surface area contributed by atoms with Crippen molar-refractivity contribution >= 4 is 0 Å². The van der Waals surface area contributed by atoms with Crippen molar-refractivity contribution in [1.29, 1.82) is 0 Å². The monoisotopic (exact) mass is 250 g/mol. The van der Waals surface area contributed by atoms with Gasteiger partial charge in [-0.2, -0.15) is 0 Å². The molecule has 0 unspecified atom stereocenters.